The molecule has 0 aliphatic heterocycles. The maximum Gasteiger partial charge on any atom is 0.246 e. The minimum atomic E-state index is -0.604. The number of hydrogen-bond acceptors (Lipinski definition) is 6. The van der Waals surface area contributed by atoms with E-state index in [0.717, 1.165) is 31.2 Å². The van der Waals surface area contributed by atoms with Crippen LogP contribution < -0.4 is 20.1 Å². The maximum absolute atomic E-state index is 13.1. The number of amides is 2. The first kappa shape index (κ1) is 27.3. The van der Waals surface area contributed by atoms with Gasteiger partial charge in [0.2, 0.25) is 11.8 Å². The van der Waals surface area contributed by atoms with Gasteiger partial charge in [-0.1, -0.05) is 26.8 Å². The fourth-order valence-corrected chi connectivity index (χ4v) is 6.41. The van der Waals surface area contributed by atoms with Gasteiger partial charge in [0, 0.05) is 25.6 Å². The van der Waals surface area contributed by atoms with E-state index in [-0.39, 0.29) is 53.5 Å². The zero-order valence-electron chi connectivity index (χ0n) is 21.9. The van der Waals surface area contributed by atoms with Crippen LogP contribution in [0.25, 0.3) is 0 Å². The summed E-state index contributed by atoms with van der Waals surface area (Å²) in [4.78, 5) is 25.2. The third-order valence-corrected chi connectivity index (χ3v) is 8.48. The molecule has 0 heterocycles. The first-order chi connectivity index (χ1) is 16.6. The van der Waals surface area contributed by atoms with Crippen molar-refractivity contribution in [2.24, 2.45) is 29.1 Å². The molecule has 35 heavy (non-hydrogen) atoms. The second kappa shape index (κ2) is 11.6. The summed E-state index contributed by atoms with van der Waals surface area (Å²) >= 11 is 0. The van der Waals surface area contributed by atoms with E-state index in [1.54, 1.807) is 14.2 Å². The molecule has 3 N–H and O–H groups in total. The summed E-state index contributed by atoms with van der Waals surface area (Å²) < 4.78 is 15.6. The Kier molecular flexibility index (Phi) is 9.05. The number of aliphatic hydroxyl groups is 1. The summed E-state index contributed by atoms with van der Waals surface area (Å²) in [6, 6.07) is 5.57. The van der Waals surface area contributed by atoms with E-state index in [1.807, 2.05) is 25.1 Å². The van der Waals surface area contributed by atoms with Crippen molar-refractivity contribution in [1.82, 2.24) is 10.6 Å². The van der Waals surface area contributed by atoms with Gasteiger partial charge in [0.15, 0.2) is 11.5 Å². The van der Waals surface area contributed by atoms with Crippen molar-refractivity contribution >= 4 is 11.8 Å². The van der Waals surface area contributed by atoms with E-state index in [0.29, 0.717) is 18.0 Å². The molecule has 2 fully saturated rings. The van der Waals surface area contributed by atoms with E-state index in [9.17, 15) is 14.7 Å². The van der Waals surface area contributed by atoms with Crippen LogP contribution in [-0.4, -0.2) is 57.0 Å². The topological polar surface area (TPSA) is 106 Å². The lowest BCUT2D eigenvalue weighted by molar-refractivity contribution is -0.144. The van der Waals surface area contributed by atoms with Crippen LogP contribution in [0.3, 0.4) is 0 Å². The molecule has 1 aromatic carbocycles. The van der Waals surface area contributed by atoms with Crippen molar-refractivity contribution in [3.8, 4) is 11.5 Å². The van der Waals surface area contributed by atoms with Crippen LogP contribution in [0.4, 0.5) is 0 Å². The number of carbonyl (C=O) groups excluding carboxylic acids is 2. The minimum absolute atomic E-state index is 0.00156. The van der Waals surface area contributed by atoms with E-state index in [2.05, 4.69) is 24.5 Å². The Morgan fingerprint density at radius 1 is 1.14 bits per heavy atom. The van der Waals surface area contributed by atoms with Crippen molar-refractivity contribution in [3.05, 3.63) is 23.8 Å². The highest BCUT2D eigenvalue weighted by atomic mass is 16.5. The van der Waals surface area contributed by atoms with Gasteiger partial charge < -0.3 is 30.0 Å². The van der Waals surface area contributed by atoms with E-state index < -0.39 is 6.10 Å². The van der Waals surface area contributed by atoms with Gasteiger partial charge in [-0.2, -0.15) is 0 Å². The summed E-state index contributed by atoms with van der Waals surface area (Å²) in [5.41, 5.74) is 0.920. The summed E-state index contributed by atoms with van der Waals surface area (Å²) in [6.07, 6.45) is 3.02. The van der Waals surface area contributed by atoms with E-state index in [4.69, 9.17) is 14.2 Å². The van der Waals surface area contributed by atoms with Crippen LogP contribution >= 0.6 is 0 Å². The SMILES string of the molecule is COCC(=O)N[C@H]1CC[C@]2(C)CCC([C@H](C)C(=O)NCc3ccc(OC)c(OC)c3)[C@H](O)[C@H]2[C@@H]1C. The Bertz CT molecular complexity index is 892. The average Bonchev–Trinajstić information content (AvgIpc) is 2.84. The quantitative estimate of drug-likeness (QED) is 0.492. The first-order valence-corrected chi connectivity index (χ1v) is 12.6. The predicted octanol–water partition coefficient (Wildman–Crippen LogP) is 2.91. The molecule has 0 bridgehead atoms. The zero-order valence-corrected chi connectivity index (χ0v) is 21.9. The van der Waals surface area contributed by atoms with E-state index in [1.165, 1.54) is 7.11 Å². The van der Waals surface area contributed by atoms with Gasteiger partial charge in [-0.05, 0) is 66.5 Å². The number of benzene rings is 1. The lowest BCUT2D eigenvalue weighted by atomic mass is 9.51. The second-order valence-electron chi connectivity index (χ2n) is 10.6. The minimum Gasteiger partial charge on any atom is -0.493 e. The number of methoxy groups -OCH3 is 3. The molecule has 2 saturated carbocycles. The molecule has 196 valence electrons. The Morgan fingerprint density at radius 2 is 1.83 bits per heavy atom. The fourth-order valence-electron chi connectivity index (χ4n) is 6.41. The van der Waals surface area contributed by atoms with Crippen LogP contribution in [-0.2, 0) is 20.9 Å². The second-order valence-corrected chi connectivity index (χ2v) is 10.6. The molecule has 0 saturated heterocycles. The van der Waals surface area contributed by atoms with E-state index >= 15 is 0 Å². The monoisotopic (exact) mass is 490 g/mol. The molecule has 2 amide bonds. The number of nitrogens with one attached hydrogen (secondary N) is 2. The Morgan fingerprint density at radius 3 is 2.49 bits per heavy atom. The molecule has 1 aromatic rings. The number of aliphatic hydroxyl groups excluding tert-OH is 1. The first-order valence-electron chi connectivity index (χ1n) is 12.6. The smallest absolute Gasteiger partial charge is 0.246 e. The maximum atomic E-state index is 13.1. The number of fused-ring (bicyclic) bond motifs is 1. The zero-order chi connectivity index (χ0) is 25.8. The van der Waals surface area contributed by atoms with Gasteiger partial charge in [0.25, 0.3) is 0 Å². The van der Waals surface area contributed by atoms with Gasteiger partial charge in [-0.15, -0.1) is 0 Å². The number of rotatable bonds is 9. The molecule has 2 aliphatic rings. The van der Waals surface area contributed by atoms with Crippen molar-refractivity contribution in [1.29, 1.82) is 0 Å². The summed E-state index contributed by atoms with van der Waals surface area (Å²) in [7, 11) is 4.68. The van der Waals surface area contributed by atoms with Crippen molar-refractivity contribution < 1.29 is 28.9 Å². The molecule has 0 aromatic heterocycles. The van der Waals surface area contributed by atoms with Crippen LogP contribution in [0.15, 0.2) is 18.2 Å². The van der Waals surface area contributed by atoms with Gasteiger partial charge in [0.1, 0.15) is 6.61 Å². The molecule has 1 unspecified atom stereocenters. The Balaban J connectivity index is 1.65. The third kappa shape index (κ3) is 5.92. The van der Waals surface area contributed by atoms with Crippen molar-refractivity contribution in [3.63, 3.8) is 0 Å². The lowest BCUT2D eigenvalue weighted by Gasteiger charge is -2.56. The van der Waals surface area contributed by atoms with Gasteiger partial charge in [0.05, 0.1) is 20.3 Å². The fraction of sp³-hybridized carbons (Fsp3) is 0.704. The van der Waals surface area contributed by atoms with Crippen LogP contribution in [0.2, 0.25) is 0 Å². The summed E-state index contributed by atoms with van der Waals surface area (Å²) in [6.45, 7) is 6.69. The molecule has 8 nitrogen and oxygen atoms in total. The van der Waals surface area contributed by atoms with Crippen molar-refractivity contribution in [2.75, 3.05) is 27.9 Å². The van der Waals surface area contributed by atoms with Crippen molar-refractivity contribution in [2.45, 2.75) is 65.1 Å². The molecule has 0 radical (unpaired) electrons. The summed E-state index contributed by atoms with van der Waals surface area (Å²) in [5, 5.41) is 17.7. The summed E-state index contributed by atoms with van der Waals surface area (Å²) in [5.74, 6) is 0.729. The molecule has 0 spiro atoms. The highest BCUT2D eigenvalue weighted by Gasteiger charge is 2.53. The molecule has 8 heteroatoms. The molecular weight excluding hydrogens is 448 g/mol. The van der Waals surface area contributed by atoms with Crippen LogP contribution in [0.1, 0.15) is 52.0 Å². The molecular formula is C27H42N2O6. The van der Waals surface area contributed by atoms with Gasteiger partial charge >= 0.3 is 0 Å². The van der Waals surface area contributed by atoms with Crippen LogP contribution in [0, 0.1) is 29.1 Å². The number of ether oxygens (including phenoxy) is 3. The predicted molar refractivity (Wildman–Crippen MR) is 133 cm³/mol. The third-order valence-electron chi connectivity index (χ3n) is 8.48. The molecule has 7 atom stereocenters. The van der Waals surface area contributed by atoms with Gasteiger partial charge in [-0.3, -0.25) is 9.59 Å². The molecule has 2 aliphatic carbocycles. The largest absolute Gasteiger partial charge is 0.493 e. The lowest BCUT2D eigenvalue weighted by Crippen LogP contribution is -2.58. The normalized spacial score (nSPS) is 31.1. The number of hydrogen-bond donors (Lipinski definition) is 3. The van der Waals surface area contributed by atoms with Gasteiger partial charge in [-0.25, -0.2) is 0 Å². The highest BCUT2D eigenvalue weighted by molar-refractivity contribution is 5.79. The number of carbonyl (C=O) groups is 2. The Labute approximate surface area is 209 Å². The Hall–Kier alpha value is -2.32. The molecule has 3 rings (SSSR count). The van der Waals surface area contributed by atoms with Crippen LogP contribution in [0.5, 0.6) is 11.5 Å². The average molecular weight is 491 g/mol. The highest BCUT2D eigenvalue weighted by Crippen LogP contribution is 2.55. The standard InChI is InChI=1S/C27H42N2O6/c1-16(26(32)28-14-18-7-8-21(34-5)22(13-18)35-6)19-9-11-27(3)12-10-20(29-23(30)15-33-4)17(2)24(27)25(19)31/h7-8,13,16-17,19-20,24-25,31H,9-12,14-15H2,1-6H3,(H,28,32)(H,29,30)/t16-,17+,19?,20-,24+,25-,27-/m0/s1.